The summed E-state index contributed by atoms with van der Waals surface area (Å²) in [6, 6.07) is 0. The molecule has 2 N–H and O–H groups in total. The van der Waals surface area contributed by atoms with Crippen LogP contribution in [0.4, 0.5) is 0 Å². The molecule has 0 bridgehead atoms. The molecular weight excluding hydrogens is 148 g/mol. The van der Waals surface area contributed by atoms with Crippen molar-refractivity contribution in [3.63, 3.8) is 0 Å². The monoisotopic (exact) mass is 168 g/mol. The lowest BCUT2D eigenvalue weighted by Crippen LogP contribution is -2.47. The molecule has 2 nitrogen and oxygen atoms in total. The third-order valence-corrected chi connectivity index (χ3v) is 3.25. The van der Waals surface area contributed by atoms with Crippen LogP contribution in [-0.4, -0.2) is 26.2 Å². The van der Waals surface area contributed by atoms with E-state index >= 15 is 0 Å². The first-order chi connectivity index (χ1) is 5.95. The molecular formula is C10H20N2. The fourth-order valence-electron chi connectivity index (χ4n) is 1.89. The van der Waals surface area contributed by atoms with E-state index in [9.17, 15) is 0 Å². The first-order valence-electron chi connectivity index (χ1n) is 5.36. The molecule has 1 aliphatic carbocycles. The van der Waals surface area contributed by atoms with Gasteiger partial charge < -0.3 is 10.6 Å². The van der Waals surface area contributed by atoms with Crippen molar-refractivity contribution in [1.82, 2.24) is 10.6 Å². The summed E-state index contributed by atoms with van der Waals surface area (Å²) in [5.41, 5.74) is 0. The summed E-state index contributed by atoms with van der Waals surface area (Å²) in [6.45, 7) is 4.95. The lowest BCUT2D eigenvalue weighted by Gasteiger charge is -2.29. The minimum atomic E-state index is 0.923. The van der Waals surface area contributed by atoms with Gasteiger partial charge >= 0.3 is 0 Å². The molecule has 2 fully saturated rings. The Bertz CT molecular complexity index is 112. The van der Waals surface area contributed by atoms with E-state index in [1.807, 2.05) is 0 Å². The largest absolute Gasteiger partial charge is 0.316 e. The molecule has 0 atom stereocenters. The van der Waals surface area contributed by atoms with Crippen LogP contribution in [0, 0.1) is 11.8 Å². The number of nitrogens with one attached hydrogen (secondary N) is 2. The Morgan fingerprint density at radius 3 is 2.50 bits per heavy atom. The molecule has 0 unspecified atom stereocenters. The van der Waals surface area contributed by atoms with Crippen LogP contribution in [0.2, 0.25) is 0 Å². The summed E-state index contributed by atoms with van der Waals surface area (Å²) in [5, 5.41) is 6.84. The van der Waals surface area contributed by atoms with Crippen molar-refractivity contribution in [2.24, 2.45) is 11.8 Å². The fourth-order valence-corrected chi connectivity index (χ4v) is 1.89. The average Bonchev–Trinajstić information content (AvgIpc) is 1.88. The number of hydrogen-bond acceptors (Lipinski definition) is 2. The standard InChI is InChI=1S/C10H20N2/c1-2-9(3-1)4-5-11-6-10-7-12-8-10/h9-12H,1-8H2. The summed E-state index contributed by atoms with van der Waals surface area (Å²) < 4.78 is 0. The predicted molar refractivity (Wildman–Crippen MR) is 51.2 cm³/mol. The maximum atomic E-state index is 3.55. The van der Waals surface area contributed by atoms with Gasteiger partial charge in [-0.2, -0.15) is 0 Å². The number of rotatable bonds is 5. The molecule has 0 aromatic carbocycles. The zero-order valence-corrected chi connectivity index (χ0v) is 7.81. The zero-order valence-electron chi connectivity index (χ0n) is 7.81. The highest BCUT2D eigenvalue weighted by molar-refractivity contribution is 4.77. The summed E-state index contributed by atoms with van der Waals surface area (Å²) in [7, 11) is 0. The van der Waals surface area contributed by atoms with Crippen LogP contribution in [0.5, 0.6) is 0 Å². The van der Waals surface area contributed by atoms with Crippen LogP contribution >= 0.6 is 0 Å². The molecule has 12 heavy (non-hydrogen) atoms. The van der Waals surface area contributed by atoms with Gasteiger partial charge in [-0.15, -0.1) is 0 Å². The van der Waals surface area contributed by atoms with Gasteiger partial charge in [0, 0.05) is 19.6 Å². The first-order valence-corrected chi connectivity index (χ1v) is 5.36. The number of hydrogen-bond donors (Lipinski definition) is 2. The second-order valence-corrected chi connectivity index (χ2v) is 4.31. The van der Waals surface area contributed by atoms with Crippen molar-refractivity contribution in [2.75, 3.05) is 26.2 Å². The van der Waals surface area contributed by atoms with E-state index in [4.69, 9.17) is 0 Å². The Balaban J connectivity index is 1.40. The van der Waals surface area contributed by atoms with Crippen molar-refractivity contribution < 1.29 is 0 Å². The molecule has 1 saturated carbocycles. The summed E-state index contributed by atoms with van der Waals surface area (Å²) in [6.07, 6.45) is 5.89. The van der Waals surface area contributed by atoms with Crippen LogP contribution in [0.1, 0.15) is 25.7 Å². The van der Waals surface area contributed by atoms with Crippen LogP contribution in [-0.2, 0) is 0 Å². The normalized spacial score (nSPS) is 25.0. The summed E-state index contributed by atoms with van der Waals surface area (Å²) in [4.78, 5) is 0. The van der Waals surface area contributed by atoms with Gasteiger partial charge in [-0.25, -0.2) is 0 Å². The lowest BCUT2D eigenvalue weighted by molar-refractivity contribution is 0.280. The summed E-state index contributed by atoms with van der Waals surface area (Å²) in [5.74, 6) is 1.99. The van der Waals surface area contributed by atoms with E-state index < -0.39 is 0 Å². The lowest BCUT2D eigenvalue weighted by atomic mass is 9.83. The molecule has 0 spiro atoms. The van der Waals surface area contributed by atoms with Gasteiger partial charge in [-0.05, 0) is 24.8 Å². The summed E-state index contributed by atoms with van der Waals surface area (Å²) >= 11 is 0. The maximum Gasteiger partial charge on any atom is 0.000394 e. The Morgan fingerprint density at radius 1 is 1.17 bits per heavy atom. The molecule has 0 radical (unpaired) electrons. The second kappa shape index (κ2) is 4.24. The Morgan fingerprint density at radius 2 is 2.00 bits per heavy atom. The van der Waals surface area contributed by atoms with Crippen molar-refractivity contribution in [1.29, 1.82) is 0 Å². The SMILES string of the molecule is C1CC(CCNCC2CNC2)C1. The molecule has 1 aliphatic heterocycles. The Kier molecular flexibility index (Phi) is 3.01. The molecule has 2 heteroatoms. The van der Waals surface area contributed by atoms with Gasteiger partial charge in [0.15, 0.2) is 0 Å². The van der Waals surface area contributed by atoms with Crippen molar-refractivity contribution in [3.8, 4) is 0 Å². The van der Waals surface area contributed by atoms with E-state index in [1.165, 1.54) is 51.9 Å². The van der Waals surface area contributed by atoms with Crippen molar-refractivity contribution in [2.45, 2.75) is 25.7 Å². The van der Waals surface area contributed by atoms with E-state index in [1.54, 1.807) is 0 Å². The van der Waals surface area contributed by atoms with Gasteiger partial charge in [0.1, 0.15) is 0 Å². The molecule has 0 aromatic heterocycles. The highest BCUT2D eigenvalue weighted by atomic mass is 15.0. The Hall–Kier alpha value is -0.0800. The van der Waals surface area contributed by atoms with Crippen LogP contribution < -0.4 is 10.6 Å². The molecule has 1 saturated heterocycles. The average molecular weight is 168 g/mol. The zero-order chi connectivity index (χ0) is 8.23. The predicted octanol–water partition coefficient (Wildman–Crippen LogP) is 0.986. The van der Waals surface area contributed by atoms with E-state index in [2.05, 4.69) is 10.6 Å². The minimum absolute atomic E-state index is 0.923. The van der Waals surface area contributed by atoms with Gasteiger partial charge in [0.2, 0.25) is 0 Å². The molecule has 0 aromatic rings. The van der Waals surface area contributed by atoms with E-state index in [0.29, 0.717) is 0 Å². The third-order valence-electron chi connectivity index (χ3n) is 3.25. The quantitative estimate of drug-likeness (QED) is 0.598. The smallest absolute Gasteiger partial charge is 0.000394 e. The molecule has 2 aliphatic rings. The highest BCUT2D eigenvalue weighted by Gasteiger charge is 2.18. The topological polar surface area (TPSA) is 24.1 Å². The Labute approximate surface area is 75.1 Å². The maximum absolute atomic E-state index is 3.55. The molecule has 1 heterocycles. The molecule has 70 valence electrons. The second-order valence-electron chi connectivity index (χ2n) is 4.31. The third kappa shape index (κ3) is 2.20. The van der Waals surface area contributed by atoms with Gasteiger partial charge in [0.05, 0.1) is 0 Å². The van der Waals surface area contributed by atoms with Gasteiger partial charge in [-0.3, -0.25) is 0 Å². The van der Waals surface area contributed by atoms with E-state index in [0.717, 1.165) is 11.8 Å². The highest BCUT2D eigenvalue weighted by Crippen LogP contribution is 2.28. The first kappa shape index (κ1) is 8.52. The van der Waals surface area contributed by atoms with E-state index in [-0.39, 0.29) is 0 Å². The molecule has 2 rings (SSSR count). The fraction of sp³-hybridized carbons (Fsp3) is 1.00. The minimum Gasteiger partial charge on any atom is -0.316 e. The van der Waals surface area contributed by atoms with Crippen molar-refractivity contribution >= 4 is 0 Å². The van der Waals surface area contributed by atoms with Crippen molar-refractivity contribution in [3.05, 3.63) is 0 Å². The van der Waals surface area contributed by atoms with Gasteiger partial charge in [-0.1, -0.05) is 19.3 Å². The van der Waals surface area contributed by atoms with Gasteiger partial charge in [0.25, 0.3) is 0 Å². The molecule has 0 amide bonds. The van der Waals surface area contributed by atoms with Crippen LogP contribution in [0.3, 0.4) is 0 Å². The van der Waals surface area contributed by atoms with Crippen LogP contribution in [0.15, 0.2) is 0 Å². The van der Waals surface area contributed by atoms with Crippen LogP contribution in [0.25, 0.3) is 0 Å².